The van der Waals surface area contributed by atoms with E-state index in [0.717, 1.165) is 11.3 Å². The lowest BCUT2D eigenvalue weighted by molar-refractivity contribution is -0.131. The smallest absolute Gasteiger partial charge is 0.339 e. The summed E-state index contributed by atoms with van der Waals surface area (Å²) in [6.45, 7) is 4.10. The molecule has 0 aliphatic heterocycles. The molecule has 0 saturated heterocycles. The van der Waals surface area contributed by atoms with E-state index >= 15 is 0 Å². The van der Waals surface area contributed by atoms with Crippen molar-refractivity contribution >= 4 is 29.2 Å². The minimum Gasteiger partial charge on any atom is -0.465 e. The average Bonchev–Trinajstić information content (AvgIpc) is 3.50. The molecule has 0 radical (unpaired) electrons. The van der Waals surface area contributed by atoms with Gasteiger partial charge in [-0.2, -0.15) is 0 Å². The first-order chi connectivity index (χ1) is 13.4. The van der Waals surface area contributed by atoms with Crippen LogP contribution in [0.1, 0.15) is 48.5 Å². The van der Waals surface area contributed by atoms with Crippen LogP contribution in [0, 0.1) is 5.41 Å². The molecule has 3 rings (SSSR count). The molecule has 6 heteroatoms. The maximum atomic E-state index is 12.9. The molecule has 1 aliphatic rings. The monoisotopic (exact) mass is 380 g/mol. The number of ether oxygens (including phenoxy) is 1. The van der Waals surface area contributed by atoms with Crippen LogP contribution in [-0.4, -0.2) is 24.9 Å². The fourth-order valence-electron chi connectivity index (χ4n) is 3.16. The van der Waals surface area contributed by atoms with Gasteiger partial charge in [0.05, 0.1) is 18.4 Å². The van der Waals surface area contributed by atoms with Crippen molar-refractivity contribution in [2.24, 2.45) is 5.41 Å². The summed E-state index contributed by atoms with van der Waals surface area (Å²) in [4.78, 5) is 37.7. The molecule has 6 nitrogen and oxygen atoms in total. The summed E-state index contributed by atoms with van der Waals surface area (Å²) in [5, 5.41) is 5.65. The Labute approximate surface area is 164 Å². The zero-order chi connectivity index (χ0) is 20.3. The molecule has 1 saturated carbocycles. The van der Waals surface area contributed by atoms with Crippen molar-refractivity contribution in [2.75, 3.05) is 17.7 Å². The topological polar surface area (TPSA) is 84.5 Å². The van der Waals surface area contributed by atoms with E-state index in [1.54, 1.807) is 24.3 Å². The van der Waals surface area contributed by atoms with Gasteiger partial charge in [0.2, 0.25) is 11.8 Å². The standard InChI is InChI=1S/C22H24N2O4/c1-14(2)15-8-4-6-10-17(15)23-20(26)22(12-13-22)21(27)24-18-11-7-5-9-16(18)19(25)28-3/h4-11,14H,12-13H2,1-3H3,(H,23,26)(H,24,27). The highest BCUT2D eigenvalue weighted by atomic mass is 16.5. The summed E-state index contributed by atoms with van der Waals surface area (Å²) in [7, 11) is 1.28. The number of rotatable bonds is 6. The number of nitrogens with one attached hydrogen (secondary N) is 2. The highest BCUT2D eigenvalue weighted by Crippen LogP contribution is 2.48. The largest absolute Gasteiger partial charge is 0.465 e. The summed E-state index contributed by atoms with van der Waals surface area (Å²) in [5.74, 6) is -1.04. The molecule has 2 aromatic rings. The van der Waals surface area contributed by atoms with Crippen LogP contribution in [0.15, 0.2) is 48.5 Å². The van der Waals surface area contributed by atoms with Gasteiger partial charge in [-0.25, -0.2) is 4.79 Å². The lowest BCUT2D eigenvalue weighted by Crippen LogP contribution is -2.36. The number of anilines is 2. The molecule has 0 aromatic heterocycles. The number of hydrogen-bond donors (Lipinski definition) is 2. The normalized spacial score (nSPS) is 14.3. The van der Waals surface area contributed by atoms with Crippen LogP contribution >= 0.6 is 0 Å². The molecule has 0 unspecified atom stereocenters. The summed E-state index contributed by atoms with van der Waals surface area (Å²) in [6.07, 6.45) is 0.934. The Morgan fingerprint density at radius 1 is 0.893 bits per heavy atom. The number of benzene rings is 2. The van der Waals surface area contributed by atoms with Crippen LogP contribution < -0.4 is 10.6 Å². The Kier molecular flexibility index (Phi) is 5.49. The first kappa shape index (κ1) is 19.6. The fraction of sp³-hybridized carbons (Fsp3) is 0.318. The van der Waals surface area contributed by atoms with E-state index in [1.165, 1.54) is 7.11 Å². The number of hydrogen-bond acceptors (Lipinski definition) is 4. The van der Waals surface area contributed by atoms with E-state index in [2.05, 4.69) is 10.6 Å². The van der Waals surface area contributed by atoms with Gasteiger partial charge < -0.3 is 15.4 Å². The fourth-order valence-corrected chi connectivity index (χ4v) is 3.16. The number of carbonyl (C=O) groups is 3. The lowest BCUT2D eigenvalue weighted by atomic mass is 9.99. The van der Waals surface area contributed by atoms with Gasteiger partial charge in [-0.05, 0) is 42.5 Å². The minimum atomic E-state index is -1.12. The zero-order valence-corrected chi connectivity index (χ0v) is 16.2. The lowest BCUT2D eigenvalue weighted by Gasteiger charge is -2.19. The minimum absolute atomic E-state index is 0.243. The van der Waals surface area contributed by atoms with E-state index in [1.807, 2.05) is 38.1 Å². The van der Waals surface area contributed by atoms with Gasteiger partial charge in [0.1, 0.15) is 5.41 Å². The van der Waals surface area contributed by atoms with Crippen molar-refractivity contribution in [3.63, 3.8) is 0 Å². The van der Waals surface area contributed by atoms with E-state index in [9.17, 15) is 14.4 Å². The highest BCUT2D eigenvalue weighted by Gasteiger charge is 2.56. The number of carbonyl (C=O) groups excluding carboxylic acids is 3. The van der Waals surface area contributed by atoms with Crippen molar-refractivity contribution in [3.05, 3.63) is 59.7 Å². The van der Waals surface area contributed by atoms with Crippen molar-refractivity contribution in [2.45, 2.75) is 32.6 Å². The van der Waals surface area contributed by atoms with Gasteiger partial charge in [0.25, 0.3) is 0 Å². The Morgan fingerprint density at radius 3 is 2.00 bits per heavy atom. The molecule has 0 spiro atoms. The van der Waals surface area contributed by atoms with Gasteiger partial charge >= 0.3 is 5.97 Å². The first-order valence-electron chi connectivity index (χ1n) is 9.28. The zero-order valence-electron chi connectivity index (χ0n) is 16.2. The molecule has 2 amide bonds. The summed E-state index contributed by atoms with van der Waals surface area (Å²) >= 11 is 0. The van der Waals surface area contributed by atoms with Gasteiger partial charge in [-0.15, -0.1) is 0 Å². The predicted molar refractivity (Wildman–Crippen MR) is 107 cm³/mol. The summed E-state index contributed by atoms with van der Waals surface area (Å²) in [5.41, 5.74) is 1.20. The van der Waals surface area contributed by atoms with Crippen LogP contribution in [0.5, 0.6) is 0 Å². The number of methoxy groups -OCH3 is 1. The van der Waals surface area contributed by atoms with Gasteiger partial charge in [-0.3, -0.25) is 9.59 Å². The van der Waals surface area contributed by atoms with Crippen molar-refractivity contribution in [1.82, 2.24) is 0 Å². The van der Waals surface area contributed by atoms with Crippen LogP contribution in [-0.2, 0) is 14.3 Å². The third kappa shape index (κ3) is 3.76. The van der Waals surface area contributed by atoms with Crippen LogP contribution in [0.4, 0.5) is 11.4 Å². The molecular formula is C22H24N2O4. The molecule has 0 heterocycles. The molecular weight excluding hydrogens is 356 g/mol. The Hall–Kier alpha value is -3.15. The molecule has 146 valence electrons. The second kappa shape index (κ2) is 7.84. The number of para-hydroxylation sites is 2. The Balaban J connectivity index is 1.78. The highest BCUT2D eigenvalue weighted by molar-refractivity contribution is 6.18. The molecule has 28 heavy (non-hydrogen) atoms. The SMILES string of the molecule is COC(=O)c1ccccc1NC(=O)C1(C(=O)Nc2ccccc2C(C)C)CC1. The van der Waals surface area contributed by atoms with E-state index in [4.69, 9.17) is 4.74 Å². The number of amides is 2. The molecule has 0 bridgehead atoms. The van der Waals surface area contributed by atoms with Gasteiger partial charge in [-0.1, -0.05) is 44.2 Å². The summed E-state index contributed by atoms with van der Waals surface area (Å²) in [6, 6.07) is 14.2. The van der Waals surface area contributed by atoms with Crippen molar-refractivity contribution < 1.29 is 19.1 Å². The van der Waals surface area contributed by atoms with Crippen molar-refractivity contribution in [1.29, 1.82) is 0 Å². The Morgan fingerprint density at radius 2 is 1.43 bits per heavy atom. The molecule has 0 atom stereocenters. The summed E-state index contributed by atoms with van der Waals surface area (Å²) < 4.78 is 4.75. The van der Waals surface area contributed by atoms with E-state index in [0.29, 0.717) is 18.5 Å². The maximum absolute atomic E-state index is 12.9. The second-order valence-electron chi connectivity index (χ2n) is 7.27. The quantitative estimate of drug-likeness (QED) is 0.587. The predicted octanol–water partition coefficient (Wildman–Crippen LogP) is 3.95. The van der Waals surface area contributed by atoms with E-state index < -0.39 is 17.3 Å². The van der Waals surface area contributed by atoms with Gasteiger partial charge in [0, 0.05) is 5.69 Å². The molecule has 2 aromatic carbocycles. The number of esters is 1. The second-order valence-corrected chi connectivity index (χ2v) is 7.27. The first-order valence-corrected chi connectivity index (χ1v) is 9.28. The van der Waals surface area contributed by atoms with E-state index in [-0.39, 0.29) is 17.4 Å². The average molecular weight is 380 g/mol. The Bertz CT molecular complexity index is 916. The van der Waals surface area contributed by atoms with Crippen LogP contribution in [0.2, 0.25) is 0 Å². The third-order valence-electron chi connectivity index (χ3n) is 5.03. The van der Waals surface area contributed by atoms with Gasteiger partial charge in [0.15, 0.2) is 0 Å². The molecule has 1 aliphatic carbocycles. The van der Waals surface area contributed by atoms with Crippen LogP contribution in [0.25, 0.3) is 0 Å². The van der Waals surface area contributed by atoms with Crippen LogP contribution in [0.3, 0.4) is 0 Å². The maximum Gasteiger partial charge on any atom is 0.339 e. The third-order valence-corrected chi connectivity index (χ3v) is 5.03. The molecule has 1 fully saturated rings. The van der Waals surface area contributed by atoms with Crippen molar-refractivity contribution in [3.8, 4) is 0 Å². The molecule has 2 N–H and O–H groups in total.